The van der Waals surface area contributed by atoms with Crippen LogP contribution < -0.4 is 0 Å². The first kappa shape index (κ1) is 33.7. The minimum Gasteiger partial charge on any atom is -0.228 e. The number of hydrogen-bond donors (Lipinski definition) is 0. The average Bonchev–Trinajstić information content (AvgIpc) is 3.55. The predicted octanol–water partition coefficient (Wildman–Crippen LogP) is 15.2. The molecular weight excluding hydrogens is 713 g/mol. The first-order valence-corrected chi connectivity index (χ1v) is 20.5. The van der Waals surface area contributed by atoms with Crippen molar-refractivity contribution in [2.75, 3.05) is 0 Å². The van der Waals surface area contributed by atoms with Crippen molar-refractivity contribution in [2.24, 2.45) is 0 Å². The van der Waals surface area contributed by atoms with Crippen molar-refractivity contribution in [1.29, 1.82) is 0 Å². The van der Waals surface area contributed by atoms with E-state index in [0.29, 0.717) is 5.82 Å². The van der Waals surface area contributed by atoms with E-state index in [1.165, 1.54) is 87.2 Å². The number of aromatic nitrogens is 2. The van der Waals surface area contributed by atoms with Crippen LogP contribution in [0, 0.1) is 0 Å². The molecule has 0 spiro atoms. The second-order valence-corrected chi connectivity index (χ2v) is 16.4. The summed E-state index contributed by atoms with van der Waals surface area (Å²) in [6.07, 6.45) is 0. The molecule has 12 rings (SSSR count). The Morgan fingerprint density at radius 2 is 0.898 bits per heavy atom. The lowest BCUT2D eigenvalue weighted by molar-refractivity contribution is 0.666. The van der Waals surface area contributed by atoms with Gasteiger partial charge in [0.05, 0.1) is 11.4 Å². The van der Waals surface area contributed by atoms with Crippen LogP contribution in [0.25, 0.3) is 110 Å². The normalized spacial score (nSPS) is 13.1. The van der Waals surface area contributed by atoms with Gasteiger partial charge in [-0.2, -0.15) is 0 Å². The van der Waals surface area contributed by atoms with Crippen molar-refractivity contribution >= 4 is 53.9 Å². The highest BCUT2D eigenvalue weighted by atomic mass is 14.9. The fraction of sp³-hybridized carbons (Fsp3) is 0.0526. The quantitative estimate of drug-likeness (QED) is 0.167. The number of fused-ring (bicyclic) bond motifs is 12. The molecule has 2 heteroatoms. The maximum absolute atomic E-state index is 5.33. The summed E-state index contributed by atoms with van der Waals surface area (Å²) in [5.41, 5.74) is 12.7. The lowest BCUT2D eigenvalue weighted by atomic mass is 9.80. The van der Waals surface area contributed by atoms with E-state index in [2.05, 4.69) is 202 Å². The molecule has 0 N–H and O–H groups in total. The number of rotatable bonds is 4. The van der Waals surface area contributed by atoms with E-state index in [9.17, 15) is 0 Å². The lowest BCUT2D eigenvalue weighted by Gasteiger charge is -2.23. The summed E-state index contributed by atoms with van der Waals surface area (Å²) in [7, 11) is 0. The van der Waals surface area contributed by atoms with Gasteiger partial charge in [0.15, 0.2) is 5.82 Å². The Morgan fingerprint density at radius 1 is 0.339 bits per heavy atom. The molecule has 59 heavy (non-hydrogen) atoms. The fourth-order valence-corrected chi connectivity index (χ4v) is 10.1. The van der Waals surface area contributed by atoms with Gasteiger partial charge in [0.2, 0.25) is 0 Å². The van der Waals surface area contributed by atoms with Crippen molar-refractivity contribution in [2.45, 2.75) is 19.3 Å². The third-order valence-corrected chi connectivity index (χ3v) is 12.8. The molecule has 11 aromatic rings. The van der Waals surface area contributed by atoms with Crippen LogP contribution in [-0.4, -0.2) is 9.97 Å². The maximum atomic E-state index is 5.33. The second-order valence-electron chi connectivity index (χ2n) is 16.4. The molecule has 1 heterocycles. The Kier molecular flexibility index (Phi) is 7.31. The van der Waals surface area contributed by atoms with Crippen molar-refractivity contribution in [1.82, 2.24) is 9.97 Å². The van der Waals surface area contributed by atoms with Crippen molar-refractivity contribution in [3.05, 3.63) is 205 Å². The van der Waals surface area contributed by atoms with Crippen LogP contribution in [0.1, 0.15) is 25.0 Å². The molecule has 0 radical (unpaired) electrons. The molecule has 1 aromatic heterocycles. The Labute approximate surface area is 343 Å². The van der Waals surface area contributed by atoms with Crippen LogP contribution in [0.5, 0.6) is 0 Å². The minimum absolute atomic E-state index is 0.134. The van der Waals surface area contributed by atoms with E-state index in [0.717, 1.165) is 28.1 Å². The first-order chi connectivity index (χ1) is 29.0. The van der Waals surface area contributed by atoms with E-state index >= 15 is 0 Å². The van der Waals surface area contributed by atoms with Crippen molar-refractivity contribution < 1.29 is 0 Å². The van der Waals surface area contributed by atoms with Gasteiger partial charge in [0.1, 0.15) is 0 Å². The molecule has 10 aromatic carbocycles. The van der Waals surface area contributed by atoms with Crippen molar-refractivity contribution in [3.8, 4) is 56.2 Å². The number of hydrogen-bond acceptors (Lipinski definition) is 2. The van der Waals surface area contributed by atoms with Crippen LogP contribution in [0.2, 0.25) is 0 Å². The van der Waals surface area contributed by atoms with E-state index in [-0.39, 0.29) is 5.41 Å². The fourth-order valence-electron chi connectivity index (χ4n) is 10.1. The topological polar surface area (TPSA) is 25.8 Å². The zero-order chi connectivity index (χ0) is 39.2. The highest BCUT2D eigenvalue weighted by Crippen LogP contribution is 2.55. The van der Waals surface area contributed by atoms with Gasteiger partial charge in [-0.25, -0.2) is 9.97 Å². The van der Waals surface area contributed by atoms with Crippen LogP contribution >= 0.6 is 0 Å². The maximum Gasteiger partial charge on any atom is 0.160 e. The van der Waals surface area contributed by atoms with Crippen molar-refractivity contribution in [3.63, 3.8) is 0 Å². The molecule has 276 valence electrons. The van der Waals surface area contributed by atoms with Crippen LogP contribution in [0.15, 0.2) is 194 Å². The molecule has 0 saturated carbocycles. The van der Waals surface area contributed by atoms with Gasteiger partial charge in [-0.1, -0.05) is 196 Å². The molecule has 0 aliphatic heterocycles. The van der Waals surface area contributed by atoms with Gasteiger partial charge >= 0.3 is 0 Å². The molecule has 0 atom stereocenters. The van der Waals surface area contributed by atoms with Gasteiger partial charge in [0, 0.05) is 22.1 Å². The lowest BCUT2D eigenvalue weighted by Crippen LogP contribution is -2.15. The molecule has 0 bridgehead atoms. The van der Waals surface area contributed by atoms with Crippen LogP contribution in [0.3, 0.4) is 0 Å². The van der Waals surface area contributed by atoms with Gasteiger partial charge in [-0.15, -0.1) is 0 Å². The standard InChI is InChI=1S/C57H38N2/c1-57(2)51-26-14-25-48(54(51)49-30-27-35-15-6-7-18-38(35)55(49)57)45-31-32-47(43-23-12-10-22-42(43)45)53-34-52(58-56(59-53)36-16-4-3-5-17-36)37-28-29-46-41-21-9-8-19-39(41)40-20-11-13-24-44(40)50(46)33-37/h3-34H,1-2H3. The Bertz CT molecular complexity index is 3490. The van der Waals surface area contributed by atoms with Crippen LogP contribution in [-0.2, 0) is 5.41 Å². The summed E-state index contributed by atoms with van der Waals surface area (Å²) in [5, 5.41) is 12.5. The van der Waals surface area contributed by atoms with Gasteiger partial charge in [0.25, 0.3) is 0 Å². The van der Waals surface area contributed by atoms with E-state index in [1.54, 1.807) is 0 Å². The zero-order valence-corrected chi connectivity index (χ0v) is 32.9. The van der Waals surface area contributed by atoms with Gasteiger partial charge in [-0.05, 0) is 99.4 Å². The monoisotopic (exact) mass is 750 g/mol. The Morgan fingerprint density at radius 3 is 1.63 bits per heavy atom. The largest absolute Gasteiger partial charge is 0.228 e. The van der Waals surface area contributed by atoms with Crippen LogP contribution in [0.4, 0.5) is 0 Å². The smallest absolute Gasteiger partial charge is 0.160 e. The van der Waals surface area contributed by atoms with Gasteiger partial charge in [-0.3, -0.25) is 0 Å². The molecule has 2 nitrogen and oxygen atoms in total. The molecule has 1 aliphatic carbocycles. The zero-order valence-electron chi connectivity index (χ0n) is 32.9. The second kappa shape index (κ2) is 12.8. The summed E-state index contributed by atoms with van der Waals surface area (Å²) >= 11 is 0. The SMILES string of the molecule is CC1(C)c2cccc(-c3ccc(-c4cc(-c5ccc6c7ccccc7c7ccccc7c6c5)nc(-c5ccccc5)n4)c4ccccc34)c2-c2ccc3ccccc3c21. The summed E-state index contributed by atoms with van der Waals surface area (Å²) in [6.45, 7) is 4.76. The van der Waals surface area contributed by atoms with E-state index in [1.807, 2.05) is 6.07 Å². The summed E-state index contributed by atoms with van der Waals surface area (Å²) < 4.78 is 0. The summed E-state index contributed by atoms with van der Waals surface area (Å²) in [6, 6.07) is 70.6. The first-order valence-electron chi connectivity index (χ1n) is 20.5. The Hall–Kier alpha value is -7.42. The number of nitrogens with zero attached hydrogens (tertiary/aromatic N) is 2. The highest BCUT2D eigenvalue weighted by molar-refractivity contribution is 6.25. The van der Waals surface area contributed by atoms with E-state index < -0.39 is 0 Å². The third-order valence-electron chi connectivity index (χ3n) is 12.8. The molecule has 0 unspecified atom stereocenters. The summed E-state index contributed by atoms with van der Waals surface area (Å²) in [4.78, 5) is 10.6. The predicted molar refractivity (Wildman–Crippen MR) is 249 cm³/mol. The molecule has 0 amide bonds. The Balaban J connectivity index is 1.07. The minimum atomic E-state index is -0.134. The molecule has 1 aliphatic rings. The third kappa shape index (κ3) is 5.06. The van der Waals surface area contributed by atoms with Gasteiger partial charge < -0.3 is 0 Å². The van der Waals surface area contributed by atoms with E-state index in [4.69, 9.17) is 9.97 Å². The molecular formula is C57H38N2. The molecule has 0 fully saturated rings. The number of benzene rings is 10. The summed E-state index contributed by atoms with van der Waals surface area (Å²) in [5.74, 6) is 0.710. The highest BCUT2D eigenvalue weighted by Gasteiger charge is 2.38. The average molecular weight is 751 g/mol. The molecule has 0 saturated heterocycles.